The lowest BCUT2D eigenvalue weighted by molar-refractivity contribution is -0.146. The zero-order valence-electron chi connectivity index (χ0n) is 19.0. The fourth-order valence-corrected chi connectivity index (χ4v) is 4.40. The molecule has 10 heteroatoms. The van der Waals surface area contributed by atoms with Gasteiger partial charge in [0.1, 0.15) is 17.9 Å². The number of para-hydroxylation sites is 2. The molecule has 0 unspecified atom stereocenters. The molecule has 35 heavy (non-hydrogen) atoms. The zero-order chi connectivity index (χ0) is 24.5. The number of aryl methyl sites for hydroxylation is 1. The molecule has 1 saturated heterocycles. The standard InChI is InChI=1S/C25H23ClN2O7/c1-15-10-24(30)35-20-12-21(17(26)11-16(15)20)33-14-23(29)27-6-8-28(9-7-27)25(31)22-13-32-18-4-2-3-5-19(18)34-22/h2-5,10-12,22H,6-9,13-14H2,1H3/t22-/m0/s1. The summed E-state index contributed by atoms with van der Waals surface area (Å²) >= 11 is 6.31. The SMILES string of the molecule is Cc1cc(=O)oc2cc(OCC(=O)N3CCN(C(=O)[C@@H]4COc5ccccc5O4)CC3)c(Cl)cc12. The lowest BCUT2D eigenvalue weighted by Crippen LogP contribution is -2.55. The molecular weight excluding hydrogens is 476 g/mol. The minimum absolute atomic E-state index is 0.148. The van der Waals surface area contributed by atoms with Crippen LogP contribution in [0.2, 0.25) is 5.02 Å². The fraction of sp³-hybridized carbons (Fsp3) is 0.320. The topological polar surface area (TPSA) is 98.5 Å². The second-order valence-corrected chi connectivity index (χ2v) is 8.79. The fourth-order valence-electron chi connectivity index (χ4n) is 4.18. The third-order valence-corrected chi connectivity index (χ3v) is 6.38. The van der Waals surface area contributed by atoms with Crippen LogP contribution in [0.1, 0.15) is 5.56 Å². The summed E-state index contributed by atoms with van der Waals surface area (Å²) in [4.78, 5) is 40.6. The summed E-state index contributed by atoms with van der Waals surface area (Å²) in [6.45, 7) is 3.21. The van der Waals surface area contributed by atoms with E-state index in [1.807, 2.05) is 12.1 Å². The number of carbonyl (C=O) groups is 2. The first kappa shape index (κ1) is 23.0. The molecule has 0 aliphatic carbocycles. The van der Waals surface area contributed by atoms with E-state index in [1.165, 1.54) is 12.1 Å². The van der Waals surface area contributed by atoms with Crippen molar-refractivity contribution in [3.05, 3.63) is 63.5 Å². The Morgan fingerprint density at radius 1 is 1.06 bits per heavy atom. The molecule has 9 nitrogen and oxygen atoms in total. The molecular formula is C25H23ClN2O7. The van der Waals surface area contributed by atoms with Crippen LogP contribution in [0.25, 0.3) is 11.0 Å². The van der Waals surface area contributed by atoms with Crippen LogP contribution in [0.15, 0.2) is 51.7 Å². The number of ether oxygens (including phenoxy) is 3. The minimum Gasteiger partial charge on any atom is -0.485 e. The number of fused-ring (bicyclic) bond motifs is 2. The largest absolute Gasteiger partial charge is 0.485 e. The van der Waals surface area contributed by atoms with Crippen molar-refractivity contribution >= 4 is 34.4 Å². The van der Waals surface area contributed by atoms with E-state index >= 15 is 0 Å². The molecule has 2 aromatic carbocycles. The molecule has 2 aliphatic rings. The van der Waals surface area contributed by atoms with E-state index in [-0.39, 0.29) is 30.8 Å². The molecule has 1 fully saturated rings. The minimum atomic E-state index is -0.714. The van der Waals surface area contributed by atoms with Gasteiger partial charge in [-0.2, -0.15) is 0 Å². The first-order valence-electron chi connectivity index (χ1n) is 11.2. The number of nitrogens with zero attached hydrogens (tertiary/aromatic N) is 2. The highest BCUT2D eigenvalue weighted by Crippen LogP contribution is 2.32. The maximum absolute atomic E-state index is 12.9. The van der Waals surface area contributed by atoms with Crippen LogP contribution in [-0.2, 0) is 9.59 Å². The molecule has 0 saturated carbocycles. The average molecular weight is 499 g/mol. The van der Waals surface area contributed by atoms with Crippen LogP contribution < -0.4 is 19.8 Å². The first-order valence-corrected chi connectivity index (χ1v) is 11.6. The third kappa shape index (κ3) is 4.77. The molecule has 2 amide bonds. The van der Waals surface area contributed by atoms with Gasteiger partial charge in [0.2, 0.25) is 6.10 Å². The number of hydrogen-bond donors (Lipinski definition) is 0. The van der Waals surface area contributed by atoms with Gasteiger partial charge in [-0.25, -0.2) is 4.79 Å². The number of benzene rings is 2. The first-order chi connectivity index (χ1) is 16.9. The van der Waals surface area contributed by atoms with Crippen LogP contribution in [-0.4, -0.2) is 67.1 Å². The molecule has 2 aliphatic heterocycles. The molecule has 0 spiro atoms. The van der Waals surface area contributed by atoms with Crippen LogP contribution in [0.5, 0.6) is 17.2 Å². The van der Waals surface area contributed by atoms with Gasteiger partial charge in [0.05, 0.1) is 5.02 Å². The number of amides is 2. The van der Waals surface area contributed by atoms with Crippen molar-refractivity contribution in [2.45, 2.75) is 13.0 Å². The number of carbonyl (C=O) groups excluding carboxylic acids is 2. The summed E-state index contributed by atoms with van der Waals surface area (Å²) < 4.78 is 22.3. The highest BCUT2D eigenvalue weighted by Gasteiger charge is 2.33. The Kier molecular flexibility index (Phi) is 6.25. The molecule has 0 bridgehead atoms. The number of rotatable bonds is 4. The third-order valence-electron chi connectivity index (χ3n) is 6.08. The van der Waals surface area contributed by atoms with E-state index in [9.17, 15) is 14.4 Å². The Hall–Kier alpha value is -3.72. The summed E-state index contributed by atoms with van der Waals surface area (Å²) in [7, 11) is 0. The molecule has 1 atom stereocenters. The summed E-state index contributed by atoms with van der Waals surface area (Å²) in [6.07, 6.45) is -0.714. The Morgan fingerprint density at radius 2 is 1.77 bits per heavy atom. The smallest absolute Gasteiger partial charge is 0.336 e. The van der Waals surface area contributed by atoms with Crippen molar-refractivity contribution in [1.29, 1.82) is 0 Å². The van der Waals surface area contributed by atoms with Gasteiger partial charge in [-0.1, -0.05) is 23.7 Å². The van der Waals surface area contributed by atoms with Crippen LogP contribution in [0, 0.1) is 6.92 Å². The summed E-state index contributed by atoms with van der Waals surface area (Å²) in [5.74, 6) is 1.03. The van der Waals surface area contributed by atoms with Crippen molar-refractivity contribution in [2.24, 2.45) is 0 Å². The molecule has 182 valence electrons. The van der Waals surface area contributed by atoms with Gasteiger partial charge in [0.25, 0.3) is 11.8 Å². The second-order valence-electron chi connectivity index (χ2n) is 8.39. The van der Waals surface area contributed by atoms with Crippen molar-refractivity contribution in [3.63, 3.8) is 0 Å². The van der Waals surface area contributed by atoms with E-state index in [4.69, 9.17) is 30.2 Å². The lowest BCUT2D eigenvalue weighted by atomic mass is 10.1. The average Bonchev–Trinajstić information content (AvgIpc) is 2.87. The van der Waals surface area contributed by atoms with Crippen molar-refractivity contribution in [3.8, 4) is 17.2 Å². The predicted octanol–water partition coefficient (Wildman–Crippen LogP) is 2.64. The quantitative estimate of drug-likeness (QED) is 0.510. The van der Waals surface area contributed by atoms with E-state index in [2.05, 4.69) is 0 Å². The van der Waals surface area contributed by atoms with Gasteiger partial charge in [0, 0.05) is 43.7 Å². The summed E-state index contributed by atoms with van der Waals surface area (Å²) in [5, 5.41) is 1.01. The Balaban J connectivity index is 1.15. The zero-order valence-corrected chi connectivity index (χ0v) is 19.7. The molecule has 0 radical (unpaired) electrons. The van der Waals surface area contributed by atoms with Gasteiger partial charge in [-0.15, -0.1) is 0 Å². The Bertz CT molecular complexity index is 1350. The summed E-state index contributed by atoms with van der Waals surface area (Å²) in [6, 6.07) is 11.8. The Morgan fingerprint density at radius 3 is 2.54 bits per heavy atom. The van der Waals surface area contributed by atoms with Crippen molar-refractivity contribution < 1.29 is 28.2 Å². The van der Waals surface area contributed by atoms with E-state index < -0.39 is 11.7 Å². The van der Waals surface area contributed by atoms with Gasteiger partial charge in [-0.05, 0) is 30.7 Å². The number of piperazine rings is 1. The highest BCUT2D eigenvalue weighted by atomic mass is 35.5. The molecule has 0 N–H and O–H groups in total. The summed E-state index contributed by atoms with van der Waals surface area (Å²) in [5.41, 5.74) is 0.606. The van der Waals surface area contributed by atoms with Crippen LogP contribution in [0.4, 0.5) is 0 Å². The normalized spacial score (nSPS) is 17.4. The molecule has 3 heterocycles. The van der Waals surface area contributed by atoms with Crippen molar-refractivity contribution in [1.82, 2.24) is 9.80 Å². The van der Waals surface area contributed by atoms with Crippen molar-refractivity contribution in [2.75, 3.05) is 39.4 Å². The van der Waals surface area contributed by atoms with E-state index in [0.29, 0.717) is 53.7 Å². The van der Waals surface area contributed by atoms with Gasteiger partial charge in [0.15, 0.2) is 18.1 Å². The van der Waals surface area contributed by atoms with Crippen LogP contribution >= 0.6 is 11.6 Å². The van der Waals surface area contributed by atoms with Gasteiger partial charge >= 0.3 is 5.63 Å². The van der Waals surface area contributed by atoms with Gasteiger partial charge < -0.3 is 28.4 Å². The predicted molar refractivity (Wildman–Crippen MR) is 127 cm³/mol. The van der Waals surface area contributed by atoms with E-state index in [0.717, 1.165) is 5.56 Å². The molecule has 3 aromatic rings. The van der Waals surface area contributed by atoms with E-state index in [1.54, 1.807) is 34.9 Å². The molecule has 5 rings (SSSR count). The lowest BCUT2D eigenvalue weighted by Gasteiger charge is -2.37. The number of hydrogen-bond acceptors (Lipinski definition) is 7. The van der Waals surface area contributed by atoms with Crippen LogP contribution in [0.3, 0.4) is 0 Å². The maximum Gasteiger partial charge on any atom is 0.336 e. The molecule has 1 aromatic heterocycles. The maximum atomic E-state index is 12.9. The second kappa shape index (κ2) is 9.50. The number of halogens is 1. The van der Waals surface area contributed by atoms with Gasteiger partial charge in [-0.3, -0.25) is 9.59 Å². The monoisotopic (exact) mass is 498 g/mol. The Labute approximate surface area is 205 Å². The highest BCUT2D eigenvalue weighted by molar-refractivity contribution is 6.32.